The topological polar surface area (TPSA) is 115 Å². The third-order valence-electron chi connectivity index (χ3n) is 6.62. The number of imidazole rings is 1. The third kappa shape index (κ3) is 3.99. The van der Waals surface area contributed by atoms with E-state index >= 15 is 0 Å². The maximum absolute atomic E-state index is 12.7. The highest BCUT2D eigenvalue weighted by Crippen LogP contribution is 2.34. The highest BCUT2D eigenvalue weighted by atomic mass is 16.1. The van der Waals surface area contributed by atoms with Crippen molar-refractivity contribution in [2.24, 2.45) is 0 Å². The summed E-state index contributed by atoms with van der Waals surface area (Å²) < 4.78 is 4.33. The minimum Gasteiger partial charge on any atom is -0.382 e. The lowest BCUT2D eigenvalue weighted by Crippen LogP contribution is -2.29. The smallest absolute Gasteiger partial charge is 0.256 e. The van der Waals surface area contributed by atoms with Gasteiger partial charge in [-0.1, -0.05) is 18.2 Å². The summed E-state index contributed by atoms with van der Waals surface area (Å²) >= 11 is 0. The lowest BCUT2D eigenvalue weighted by Gasteiger charge is -2.26. The molecule has 0 bridgehead atoms. The number of hydrogen-bond acceptors (Lipinski definition) is 6. The molecule has 0 saturated carbocycles. The SMILES string of the molecule is Nc1nccn2c(-c3cccn3C3CCNCC3)nc(-c3ccc(C(=O)Nc4ccccn4)cc3)c12. The van der Waals surface area contributed by atoms with Gasteiger partial charge in [0.15, 0.2) is 5.82 Å². The number of anilines is 2. The maximum Gasteiger partial charge on any atom is 0.256 e. The largest absolute Gasteiger partial charge is 0.382 e. The zero-order chi connectivity index (χ0) is 24.5. The predicted molar refractivity (Wildman–Crippen MR) is 140 cm³/mol. The van der Waals surface area contributed by atoms with Gasteiger partial charge in [-0.15, -0.1) is 0 Å². The summed E-state index contributed by atoms with van der Waals surface area (Å²) in [6.45, 7) is 2.01. The van der Waals surface area contributed by atoms with Crippen molar-refractivity contribution in [1.29, 1.82) is 0 Å². The molecule has 5 aromatic rings. The number of benzene rings is 1. The molecule has 1 saturated heterocycles. The maximum atomic E-state index is 12.7. The number of carbonyl (C=O) groups is 1. The van der Waals surface area contributed by atoms with Gasteiger partial charge < -0.3 is 20.9 Å². The van der Waals surface area contributed by atoms with Gasteiger partial charge in [-0.3, -0.25) is 9.20 Å². The van der Waals surface area contributed by atoms with E-state index in [1.165, 1.54) is 0 Å². The van der Waals surface area contributed by atoms with Gasteiger partial charge in [-0.05, 0) is 62.3 Å². The Balaban J connectivity index is 1.38. The molecule has 1 fully saturated rings. The van der Waals surface area contributed by atoms with Gasteiger partial charge in [-0.2, -0.15) is 0 Å². The summed E-state index contributed by atoms with van der Waals surface area (Å²) in [6, 6.07) is 17.3. The monoisotopic (exact) mass is 478 g/mol. The first-order valence-corrected chi connectivity index (χ1v) is 12.0. The van der Waals surface area contributed by atoms with Crippen LogP contribution in [-0.2, 0) is 0 Å². The lowest BCUT2D eigenvalue weighted by atomic mass is 10.1. The van der Waals surface area contributed by atoms with E-state index in [4.69, 9.17) is 10.7 Å². The number of fused-ring (bicyclic) bond motifs is 1. The Morgan fingerprint density at radius 3 is 2.58 bits per heavy atom. The lowest BCUT2D eigenvalue weighted by molar-refractivity contribution is 0.102. The second-order valence-electron chi connectivity index (χ2n) is 8.84. The molecule has 36 heavy (non-hydrogen) atoms. The number of carbonyl (C=O) groups excluding carboxylic acids is 1. The van der Waals surface area contributed by atoms with Crippen LogP contribution < -0.4 is 16.4 Å². The summed E-state index contributed by atoms with van der Waals surface area (Å²) in [5.41, 5.74) is 10.2. The Labute approximate surface area is 208 Å². The van der Waals surface area contributed by atoms with Crippen molar-refractivity contribution >= 4 is 23.1 Å². The van der Waals surface area contributed by atoms with Crippen molar-refractivity contribution in [3.8, 4) is 22.8 Å². The van der Waals surface area contributed by atoms with Crippen molar-refractivity contribution in [1.82, 2.24) is 29.2 Å². The van der Waals surface area contributed by atoms with Gasteiger partial charge in [-0.25, -0.2) is 15.0 Å². The molecule has 9 heteroatoms. The molecular formula is C27H26N8O. The summed E-state index contributed by atoms with van der Waals surface area (Å²) in [5, 5.41) is 6.24. The van der Waals surface area contributed by atoms with Crippen LogP contribution in [0.4, 0.5) is 11.6 Å². The van der Waals surface area contributed by atoms with E-state index in [0.717, 1.165) is 54.2 Å². The van der Waals surface area contributed by atoms with Crippen LogP contribution in [0.3, 0.4) is 0 Å². The molecule has 0 atom stereocenters. The molecule has 0 radical (unpaired) electrons. The molecule has 1 aliphatic heterocycles. The number of nitrogens with zero attached hydrogens (tertiary/aromatic N) is 5. The van der Waals surface area contributed by atoms with Crippen LogP contribution in [-0.4, -0.2) is 42.9 Å². The van der Waals surface area contributed by atoms with Crippen LogP contribution in [0, 0.1) is 0 Å². The summed E-state index contributed by atoms with van der Waals surface area (Å²) in [6.07, 6.45) is 9.51. The Hall–Kier alpha value is -4.50. The fourth-order valence-corrected chi connectivity index (χ4v) is 4.84. The second-order valence-corrected chi connectivity index (χ2v) is 8.84. The quantitative estimate of drug-likeness (QED) is 0.351. The molecular weight excluding hydrogens is 452 g/mol. The van der Waals surface area contributed by atoms with Crippen LogP contribution in [0.1, 0.15) is 29.2 Å². The Morgan fingerprint density at radius 1 is 0.972 bits per heavy atom. The molecule has 6 rings (SSSR count). The van der Waals surface area contributed by atoms with Crippen LogP contribution in [0.5, 0.6) is 0 Å². The van der Waals surface area contributed by atoms with E-state index in [2.05, 4.69) is 43.5 Å². The Kier molecular flexibility index (Phi) is 5.67. The van der Waals surface area contributed by atoms with Crippen LogP contribution in [0.15, 0.2) is 79.4 Å². The van der Waals surface area contributed by atoms with Gasteiger partial charge >= 0.3 is 0 Å². The van der Waals surface area contributed by atoms with Gasteiger partial charge in [0.2, 0.25) is 0 Å². The van der Waals surface area contributed by atoms with Gasteiger partial charge in [0.1, 0.15) is 22.8 Å². The van der Waals surface area contributed by atoms with E-state index in [1.54, 1.807) is 36.7 Å². The molecule has 0 aliphatic carbocycles. The first kappa shape index (κ1) is 22.0. The van der Waals surface area contributed by atoms with E-state index in [9.17, 15) is 4.79 Å². The summed E-state index contributed by atoms with van der Waals surface area (Å²) in [5.74, 6) is 1.50. The van der Waals surface area contributed by atoms with E-state index in [1.807, 2.05) is 28.8 Å². The van der Waals surface area contributed by atoms with Crippen LogP contribution in [0.2, 0.25) is 0 Å². The van der Waals surface area contributed by atoms with Gasteiger partial charge in [0, 0.05) is 42.0 Å². The first-order chi connectivity index (χ1) is 17.7. The minimum atomic E-state index is -0.225. The summed E-state index contributed by atoms with van der Waals surface area (Å²) in [7, 11) is 0. The molecule has 5 heterocycles. The first-order valence-electron chi connectivity index (χ1n) is 12.0. The molecule has 4 aromatic heterocycles. The number of nitrogen functional groups attached to an aromatic ring is 1. The minimum absolute atomic E-state index is 0.225. The molecule has 180 valence electrons. The average Bonchev–Trinajstić information content (AvgIpc) is 3.56. The second kappa shape index (κ2) is 9.27. The van der Waals surface area contributed by atoms with Crippen molar-refractivity contribution in [2.75, 3.05) is 24.1 Å². The standard InChI is InChI=1S/C27H26N8O/c28-25-24-23(18-6-8-19(9-7-18)27(36)32-22-5-1-2-12-30-22)33-26(35(24)17-15-31-25)21-4-3-16-34(21)20-10-13-29-14-11-20/h1-9,12,15-17,20,29H,10-11,13-14H2,(H2,28,31)(H,30,32,36). The van der Waals surface area contributed by atoms with E-state index in [-0.39, 0.29) is 5.91 Å². The fourth-order valence-electron chi connectivity index (χ4n) is 4.84. The number of pyridine rings is 1. The molecule has 1 amide bonds. The van der Waals surface area contributed by atoms with Gasteiger partial charge in [0.05, 0.1) is 5.69 Å². The fraction of sp³-hybridized carbons (Fsp3) is 0.185. The van der Waals surface area contributed by atoms with E-state index in [0.29, 0.717) is 23.2 Å². The van der Waals surface area contributed by atoms with E-state index < -0.39 is 0 Å². The highest BCUT2D eigenvalue weighted by Gasteiger charge is 2.23. The molecule has 9 nitrogen and oxygen atoms in total. The average molecular weight is 479 g/mol. The Bertz CT molecular complexity index is 1510. The number of nitrogens with two attached hydrogens (primary N) is 1. The van der Waals surface area contributed by atoms with Crippen molar-refractivity contribution in [3.05, 3.63) is 84.9 Å². The number of hydrogen-bond donors (Lipinski definition) is 3. The molecule has 1 aromatic carbocycles. The van der Waals surface area contributed by atoms with Crippen LogP contribution >= 0.6 is 0 Å². The Morgan fingerprint density at radius 2 is 1.81 bits per heavy atom. The number of piperidine rings is 1. The number of amides is 1. The number of rotatable bonds is 5. The molecule has 0 unspecified atom stereocenters. The highest BCUT2D eigenvalue weighted by molar-refractivity contribution is 6.04. The van der Waals surface area contributed by atoms with Crippen molar-refractivity contribution in [3.63, 3.8) is 0 Å². The molecule has 4 N–H and O–H groups in total. The van der Waals surface area contributed by atoms with Crippen molar-refractivity contribution in [2.45, 2.75) is 18.9 Å². The zero-order valence-electron chi connectivity index (χ0n) is 19.6. The third-order valence-corrected chi connectivity index (χ3v) is 6.62. The number of aromatic nitrogens is 5. The van der Waals surface area contributed by atoms with Crippen molar-refractivity contribution < 1.29 is 4.79 Å². The van der Waals surface area contributed by atoms with Gasteiger partial charge in [0.25, 0.3) is 5.91 Å². The number of nitrogens with one attached hydrogen (secondary N) is 2. The normalized spacial score (nSPS) is 14.2. The predicted octanol–water partition coefficient (Wildman–Crippen LogP) is 4.02. The summed E-state index contributed by atoms with van der Waals surface area (Å²) in [4.78, 5) is 26.2. The molecule has 1 aliphatic rings. The zero-order valence-corrected chi connectivity index (χ0v) is 19.6. The molecule has 0 spiro atoms. The van der Waals surface area contributed by atoms with Crippen LogP contribution in [0.25, 0.3) is 28.3 Å².